The highest BCUT2D eigenvalue weighted by atomic mass is 31.2. The molecule has 1 saturated heterocycles. The molecule has 12 heteroatoms. The van der Waals surface area contributed by atoms with Crippen LogP contribution in [0.4, 0.5) is 0 Å². The Balaban J connectivity index is 2.09. The van der Waals surface area contributed by atoms with Crippen LogP contribution in [0.2, 0.25) is 0 Å². The van der Waals surface area contributed by atoms with E-state index < -0.39 is 37.8 Å². The number of aliphatic hydroxyl groups excluding tert-OH is 1. The fraction of sp³-hybridized carbons (Fsp3) is 0.500. The lowest BCUT2D eigenvalue weighted by molar-refractivity contribution is -0.109. The van der Waals surface area contributed by atoms with Gasteiger partial charge in [-0.1, -0.05) is 0 Å². The van der Waals surface area contributed by atoms with Gasteiger partial charge >= 0.3 is 7.82 Å². The van der Waals surface area contributed by atoms with Crippen molar-refractivity contribution in [3.05, 3.63) is 29.8 Å². The summed E-state index contributed by atoms with van der Waals surface area (Å²) in [7, 11) is -4.82. The maximum absolute atomic E-state index is 10.9. The zero-order valence-electron chi connectivity index (χ0n) is 13.8. The minimum atomic E-state index is -4.82. The highest BCUT2D eigenvalue weighted by molar-refractivity contribution is 7.46. The van der Waals surface area contributed by atoms with E-state index >= 15 is 0 Å². The number of hydrogen-bond donors (Lipinski definition) is 4. The largest absolute Gasteiger partial charge is 0.469 e. The first-order valence-electron chi connectivity index (χ1n) is 7.53. The molecule has 0 radical (unpaired) electrons. The lowest BCUT2D eigenvalue weighted by Gasteiger charge is -2.33. The quantitative estimate of drug-likeness (QED) is 0.498. The van der Waals surface area contributed by atoms with Crippen molar-refractivity contribution in [2.24, 2.45) is 0 Å². The zero-order chi connectivity index (χ0) is 19.3. The van der Waals surface area contributed by atoms with Crippen molar-refractivity contribution in [2.45, 2.75) is 37.3 Å². The van der Waals surface area contributed by atoms with Gasteiger partial charge in [-0.3, -0.25) is 4.52 Å². The Kier molecular flexibility index (Phi) is 4.41. The summed E-state index contributed by atoms with van der Waals surface area (Å²) >= 11 is 0. The molecular weight excluding hydrogens is 367 g/mol. The monoisotopic (exact) mass is 384 g/mol. The molecule has 4 N–H and O–H groups in total. The summed E-state index contributed by atoms with van der Waals surface area (Å²) in [4.78, 5) is 21.7. The number of nitriles is 1. The SMILES string of the molecule is Cc1ncnn2c([C@]3(C#N)O[C@H](COP(=O)(O)O)[C@@H](O)[C@@]3(C)O)ccc12. The third-order valence-corrected chi connectivity index (χ3v) is 5.02. The van der Waals surface area contributed by atoms with Crippen LogP contribution < -0.4 is 0 Å². The molecule has 1 fully saturated rings. The summed E-state index contributed by atoms with van der Waals surface area (Å²) in [6.45, 7) is 2.22. The van der Waals surface area contributed by atoms with Crippen LogP contribution >= 0.6 is 7.82 Å². The third kappa shape index (κ3) is 2.72. The Hall–Kier alpha value is -1.90. The first-order valence-corrected chi connectivity index (χ1v) is 9.06. The number of fused-ring (bicyclic) bond motifs is 1. The topological polar surface area (TPSA) is 170 Å². The highest BCUT2D eigenvalue weighted by Gasteiger charge is 2.65. The number of phosphoric ester groups is 1. The number of ether oxygens (including phenoxy) is 1. The number of aliphatic hydroxyl groups is 2. The molecular formula is C14H17N4O7P. The molecule has 0 aromatic carbocycles. The van der Waals surface area contributed by atoms with Crippen LogP contribution in [0.3, 0.4) is 0 Å². The molecule has 4 atom stereocenters. The van der Waals surface area contributed by atoms with Gasteiger partial charge < -0.3 is 24.7 Å². The molecule has 3 rings (SSSR count). The van der Waals surface area contributed by atoms with Crippen LogP contribution in [-0.2, 0) is 19.4 Å². The van der Waals surface area contributed by atoms with Crippen LogP contribution in [0.25, 0.3) is 5.52 Å². The summed E-state index contributed by atoms with van der Waals surface area (Å²) in [6, 6.07) is 5.02. The fourth-order valence-corrected chi connectivity index (χ4v) is 3.46. The van der Waals surface area contributed by atoms with Crippen LogP contribution in [0.5, 0.6) is 0 Å². The van der Waals surface area contributed by atoms with E-state index in [4.69, 9.17) is 14.5 Å². The molecule has 1 aliphatic rings. The van der Waals surface area contributed by atoms with Crippen molar-refractivity contribution in [1.29, 1.82) is 5.26 Å². The van der Waals surface area contributed by atoms with Gasteiger partial charge in [0, 0.05) is 0 Å². The second-order valence-electron chi connectivity index (χ2n) is 6.19. The van der Waals surface area contributed by atoms with Gasteiger partial charge in [0.1, 0.15) is 30.2 Å². The van der Waals surface area contributed by atoms with Gasteiger partial charge in [-0.15, -0.1) is 0 Å². The first kappa shape index (κ1) is 18.9. The highest BCUT2D eigenvalue weighted by Crippen LogP contribution is 2.48. The summed E-state index contributed by atoms with van der Waals surface area (Å²) in [5, 5.41) is 35.2. The van der Waals surface area contributed by atoms with E-state index in [0.717, 1.165) is 0 Å². The summed E-state index contributed by atoms with van der Waals surface area (Å²) in [5.41, 5.74) is -2.83. The van der Waals surface area contributed by atoms with Crippen molar-refractivity contribution >= 4 is 13.3 Å². The number of phosphoric acid groups is 1. The van der Waals surface area contributed by atoms with Gasteiger partial charge in [-0.25, -0.2) is 14.1 Å². The number of aryl methyl sites for hydroxylation is 1. The molecule has 0 amide bonds. The van der Waals surface area contributed by atoms with Gasteiger partial charge in [0.2, 0.25) is 5.60 Å². The van der Waals surface area contributed by atoms with E-state index in [1.54, 1.807) is 13.0 Å². The summed E-state index contributed by atoms with van der Waals surface area (Å²) < 4.78 is 22.2. The van der Waals surface area contributed by atoms with Crippen LogP contribution in [0, 0.1) is 18.3 Å². The fourth-order valence-electron chi connectivity index (χ4n) is 3.12. The van der Waals surface area contributed by atoms with Gasteiger partial charge in [0.15, 0.2) is 0 Å². The van der Waals surface area contributed by atoms with Gasteiger partial charge in [-0.2, -0.15) is 10.4 Å². The van der Waals surface area contributed by atoms with E-state index in [0.29, 0.717) is 11.2 Å². The van der Waals surface area contributed by atoms with E-state index in [1.807, 2.05) is 6.07 Å². The number of nitrogens with zero attached hydrogens (tertiary/aromatic N) is 4. The van der Waals surface area contributed by atoms with Crippen molar-refractivity contribution in [2.75, 3.05) is 6.61 Å². The second kappa shape index (κ2) is 6.07. The summed E-state index contributed by atoms with van der Waals surface area (Å²) in [6.07, 6.45) is -1.74. The van der Waals surface area contributed by atoms with Gasteiger partial charge in [-0.05, 0) is 26.0 Å². The minimum absolute atomic E-state index is 0.142. The maximum Gasteiger partial charge on any atom is 0.469 e. The smallest absolute Gasteiger partial charge is 0.387 e. The Morgan fingerprint density at radius 3 is 2.81 bits per heavy atom. The first-order chi connectivity index (χ1) is 12.0. The number of hydrogen-bond acceptors (Lipinski definition) is 8. The van der Waals surface area contributed by atoms with Gasteiger partial charge in [0.05, 0.1) is 23.5 Å². The molecule has 26 heavy (non-hydrogen) atoms. The van der Waals surface area contributed by atoms with Crippen molar-refractivity contribution in [1.82, 2.24) is 14.6 Å². The molecule has 3 heterocycles. The molecule has 0 aliphatic carbocycles. The zero-order valence-corrected chi connectivity index (χ0v) is 14.7. The average molecular weight is 384 g/mol. The Labute approximate surface area is 147 Å². The van der Waals surface area contributed by atoms with Crippen LogP contribution in [0.1, 0.15) is 18.3 Å². The minimum Gasteiger partial charge on any atom is -0.387 e. The Morgan fingerprint density at radius 2 is 2.19 bits per heavy atom. The lowest BCUT2D eigenvalue weighted by Crippen LogP contribution is -2.52. The van der Waals surface area contributed by atoms with E-state index in [9.17, 15) is 20.0 Å². The number of aromatic nitrogens is 3. The molecule has 0 bridgehead atoms. The normalized spacial score (nSPS) is 32.0. The molecule has 2 aromatic heterocycles. The predicted octanol–water partition coefficient (Wildman–Crippen LogP) is -0.623. The molecule has 0 spiro atoms. The second-order valence-corrected chi connectivity index (χ2v) is 7.43. The molecule has 1 aliphatic heterocycles. The maximum atomic E-state index is 10.9. The molecule has 0 unspecified atom stereocenters. The van der Waals surface area contributed by atoms with Crippen LogP contribution in [-0.4, -0.2) is 59.0 Å². The van der Waals surface area contributed by atoms with Crippen molar-refractivity contribution in [3.8, 4) is 6.07 Å². The lowest BCUT2D eigenvalue weighted by atomic mass is 9.80. The summed E-state index contributed by atoms with van der Waals surface area (Å²) in [5.74, 6) is 0. The van der Waals surface area contributed by atoms with E-state index in [1.165, 1.54) is 23.8 Å². The van der Waals surface area contributed by atoms with Crippen molar-refractivity contribution in [3.63, 3.8) is 0 Å². The standard InChI is InChI=1S/C14H17N4O7P/c1-8-9-3-4-11(18(9)17-7-16-8)14(6-15)13(2,20)12(19)10(25-14)5-24-26(21,22)23/h3-4,7,10,12,19-20H,5H2,1-2H3,(H2,21,22,23)/t10-,12-,13-,14+/m1/s1. The number of rotatable bonds is 4. The molecule has 11 nitrogen and oxygen atoms in total. The Morgan fingerprint density at radius 1 is 1.50 bits per heavy atom. The molecule has 0 saturated carbocycles. The van der Waals surface area contributed by atoms with Crippen LogP contribution in [0.15, 0.2) is 18.5 Å². The van der Waals surface area contributed by atoms with Gasteiger partial charge in [0.25, 0.3) is 0 Å². The van der Waals surface area contributed by atoms with E-state index in [2.05, 4.69) is 14.6 Å². The Bertz CT molecular complexity index is 933. The third-order valence-electron chi connectivity index (χ3n) is 4.54. The van der Waals surface area contributed by atoms with E-state index in [-0.39, 0.29) is 5.69 Å². The molecule has 2 aromatic rings. The van der Waals surface area contributed by atoms with Crippen molar-refractivity contribution < 1.29 is 33.8 Å². The molecule has 140 valence electrons. The average Bonchev–Trinajstić information content (AvgIpc) is 3.06. The predicted molar refractivity (Wildman–Crippen MR) is 84.5 cm³/mol.